The number of carbonyl (C=O) groups is 2. The summed E-state index contributed by atoms with van der Waals surface area (Å²) in [6, 6.07) is 9.58. The van der Waals surface area contributed by atoms with E-state index < -0.39 is 0 Å². The Balaban J connectivity index is 0.00000225. The van der Waals surface area contributed by atoms with Gasteiger partial charge in [0.05, 0.1) is 12.1 Å². The van der Waals surface area contributed by atoms with Crippen LogP contribution >= 0.6 is 12.4 Å². The van der Waals surface area contributed by atoms with E-state index in [0.29, 0.717) is 30.8 Å². The van der Waals surface area contributed by atoms with E-state index in [1.165, 1.54) is 6.26 Å². The van der Waals surface area contributed by atoms with E-state index in [1.54, 1.807) is 6.07 Å². The molecule has 0 unspecified atom stereocenters. The van der Waals surface area contributed by atoms with Crippen LogP contribution in [0.25, 0.3) is 0 Å². The molecule has 0 aliphatic carbocycles. The maximum atomic E-state index is 12.0. The summed E-state index contributed by atoms with van der Waals surface area (Å²) in [6.07, 6.45) is 3.01. The second-order valence-corrected chi connectivity index (χ2v) is 5.92. The highest BCUT2D eigenvalue weighted by molar-refractivity contribution is 5.93. The molecule has 3 N–H and O–H groups in total. The van der Waals surface area contributed by atoms with Crippen LogP contribution in [0.1, 0.15) is 40.1 Å². The number of likely N-dealkylation sites (tertiary alicyclic amines) is 1. The molecule has 2 aromatic rings. The van der Waals surface area contributed by atoms with Crippen molar-refractivity contribution in [1.29, 1.82) is 0 Å². The summed E-state index contributed by atoms with van der Waals surface area (Å²) in [5, 5.41) is 2.85. The molecule has 1 aromatic carbocycles. The Kier molecular flexibility index (Phi) is 6.61. The fraction of sp³-hybridized carbons (Fsp3) is 0.333. The molecule has 0 atom stereocenters. The van der Waals surface area contributed by atoms with E-state index in [1.807, 2.05) is 29.2 Å². The van der Waals surface area contributed by atoms with E-state index in [0.717, 1.165) is 24.1 Å². The van der Waals surface area contributed by atoms with E-state index in [9.17, 15) is 9.59 Å². The molecule has 2 heterocycles. The highest BCUT2D eigenvalue weighted by Crippen LogP contribution is 2.15. The number of furan rings is 1. The number of hydrogen-bond acceptors (Lipinski definition) is 4. The van der Waals surface area contributed by atoms with Gasteiger partial charge in [0, 0.05) is 26.1 Å². The van der Waals surface area contributed by atoms with Crippen molar-refractivity contribution in [2.75, 3.05) is 6.54 Å². The molecular weight excluding hydrogens is 342 g/mol. The second kappa shape index (κ2) is 8.69. The number of benzene rings is 1. The van der Waals surface area contributed by atoms with Gasteiger partial charge in [0.1, 0.15) is 12.0 Å². The van der Waals surface area contributed by atoms with Crippen LogP contribution < -0.4 is 11.1 Å². The van der Waals surface area contributed by atoms with Crippen LogP contribution in [0.15, 0.2) is 41.0 Å². The minimum Gasteiger partial charge on any atom is -0.467 e. The first-order valence-corrected chi connectivity index (χ1v) is 8.07. The molecule has 2 amide bonds. The van der Waals surface area contributed by atoms with Gasteiger partial charge in [-0.15, -0.1) is 12.4 Å². The Bertz CT molecular complexity index is 727. The third kappa shape index (κ3) is 4.84. The van der Waals surface area contributed by atoms with Crippen LogP contribution in [-0.4, -0.2) is 23.3 Å². The van der Waals surface area contributed by atoms with E-state index in [2.05, 4.69) is 5.32 Å². The molecule has 0 spiro atoms. The molecule has 3 rings (SSSR count). The van der Waals surface area contributed by atoms with Crippen molar-refractivity contribution < 1.29 is 14.0 Å². The zero-order valence-corrected chi connectivity index (χ0v) is 14.7. The molecule has 0 bridgehead atoms. The number of halogens is 1. The van der Waals surface area contributed by atoms with Crippen LogP contribution in [0.2, 0.25) is 0 Å². The average molecular weight is 364 g/mol. The van der Waals surface area contributed by atoms with Crippen LogP contribution in [-0.2, 0) is 24.4 Å². The van der Waals surface area contributed by atoms with Crippen molar-refractivity contribution in [3.63, 3.8) is 0 Å². The van der Waals surface area contributed by atoms with Crippen molar-refractivity contribution in [3.05, 3.63) is 59.0 Å². The molecular formula is C18H22ClN3O3. The lowest BCUT2D eigenvalue weighted by Crippen LogP contribution is -2.24. The number of carbonyl (C=O) groups excluding carboxylic acids is 2. The predicted molar refractivity (Wildman–Crippen MR) is 96.1 cm³/mol. The highest BCUT2D eigenvalue weighted by atomic mass is 35.5. The van der Waals surface area contributed by atoms with Crippen molar-refractivity contribution in [2.24, 2.45) is 5.73 Å². The van der Waals surface area contributed by atoms with E-state index in [4.69, 9.17) is 10.2 Å². The SMILES string of the molecule is Cl.NCc1cc(C(=O)NCc2ccc(CN3CCCC3=O)cc2)co1. The Labute approximate surface area is 152 Å². The maximum absolute atomic E-state index is 12.0. The van der Waals surface area contributed by atoms with Crippen LogP contribution in [0, 0.1) is 0 Å². The van der Waals surface area contributed by atoms with E-state index in [-0.39, 0.29) is 30.8 Å². The third-order valence-corrected chi connectivity index (χ3v) is 4.14. The summed E-state index contributed by atoms with van der Waals surface area (Å²) >= 11 is 0. The number of nitrogens with zero attached hydrogens (tertiary/aromatic N) is 1. The molecule has 134 valence electrons. The number of nitrogens with one attached hydrogen (secondary N) is 1. The van der Waals surface area contributed by atoms with Crippen molar-refractivity contribution in [2.45, 2.75) is 32.5 Å². The van der Waals surface area contributed by atoms with Gasteiger partial charge >= 0.3 is 0 Å². The molecule has 1 aromatic heterocycles. The largest absolute Gasteiger partial charge is 0.467 e. The van der Waals surface area contributed by atoms with Crippen molar-refractivity contribution >= 4 is 24.2 Å². The molecule has 0 saturated carbocycles. The number of amides is 2. The van der Waals surface area contributed by atoms with Gasteiger partial charge in [-0.1, -0.05) is 24.3 Å². The van der Waals surface area contributed by atoms with Crippen molar-refractivity contribution in [1.82, 2.24) is 10.2 Å². The van der Waals surface area contributed by atoms with Gasteiger partial charge in [-0.2, -0.15) is 0 Å². The topological polar surface area (TPSA) is 88.6 Å². The quantitative estimate of drug-likeness (QED) is 0.823. The Morgan fingerprint density at radius 1 is 1.24 bits per heavy atom. The first-order chi connectivity index (χ1) is 11.7. The molecule has 1 saturated heterocycles. The zero-order valence-electron chi connectivity index (χ0n) is 13.9. The molecule has 1 aliphatic rings. The summed E-state index contributed by atoms with van der Waals surface area (Å²) in [5.41, 5.74) is 8.03. The highest BCUT2D eigenvalue weighted by Gasteiger charge is 2.19. The number of rotatable bonds is 6. The van der Waals surface area contributed by atoms with Gasteiger partial charge in [-0.05, 0) is 23.6 Å². The van der Waals surface area contributed by atoms with Gasteiger partial charge in [0.15, 0.2) is 0 Å². The number of nitrogens with two attached hydrogens (primary N) is 1. The Morgan fingerprint density at radius 2 is 1.96 bits per heavy atom. The predicted octanol–water partition coefficient (Wildman–Crippen LogP) is 2.21. The van der Waals surface area contributed by atoms with Gasteiger partial charge < -0.3 is 20.4 Å². The normalized spacial score (nSPS) is 13.6. The summed E-state index contributed by atoms with van der Waals surface area (Å²) in [7, 11) is 0. The molecule has 6 nitrogen and oxygen atoms in total. The zero-order chi connectivity index (χ0) is 16.9. The lowest BCUT2D eigenvalue weighted by Gasteiger charge is -2.15. The Morgan fingerprint density at radius 3 is 2.56 bits per heavy atom. The monoisotopic (exact) mass is 363 g/mol. The molecule has 25 heavy (non-hydrogen) atoms. The summed E-state index contributed by atoms with van der Waals surface area (Å²) in [6.45, 7) is 2.20. The summed E-state index contributed by atoms with van der Waals surface area (Å²) in [5.74, 6) is 0.620. The second-order valence-electron chi connectivity index (χ2n) is 5.92. The van der Waals surface area contributed by atoms with Crippen molar-refractivity contribution in [3.8, 4) is 0 Å². The Hall–Kier alpha value is -2.31. The van der Waals surface area contributed by atoms with Gasteiger partial charge in [0.2, 0.25) is 5.91 Å². The standard InChI is InChI=1S/C18H21N3O3.ClH/c19-9-16-8-15(12-24-16)18(23)20-10-13-3-5-14(6-4-13)11-21-7-1-2-17(21)22;/h3-6,8,12H,1-2,7,9-11,19H2,(H,20,23);1H. The average Bonchev–Trinajstić information content (AvgIpc) is 3.23. The fourth-order valence-electron chi connectivity index (χ4n) is 2.75. The van der Waals surface area contributed by atoms with Crippen LogP contribution in [0.5, 0.6) is 0 Å². The summed E-state index contributed by atoms with van der Waals surface area (Å²) in [4.78, 5) is 25.5. The first-order valence-electron chi connectivity index (χ1n) is 8.07. The first kappa shape index (κ1) is 19.0. The maximum Gasteiger partial charge on any atom is 0.254 e. The lowest BCUT2D eigenvalue weighted by atomic mass is 10.1. The van der Waals surface area contributed by atoms with E-state index >= 15 is 0 Å². The minimum atomic E-state index is -0.190. The number of hydrogen-bond donors (Lipinski definition) is 2. The van der Waals surface area contributed by atoms with Gasteiger partial charge in [0.25, 0.3) is 5.91 Å². The molecule has 1 aliphatic heterocycles. The fourth-order valence-corrected chi connectivity index (χ4v) is 2.75. The molecule has 7 heteroatoms. The molecule has 0 radical (unpaired) electrons. The third-order valence-electron chi connectivity index (χ3n) is 4.14. The molecule has 1 fully saturated rings. The smallest absolute Gasteiger partial charge is 0.254 e. The van der Waals surface area contributed by atoms with Crippen LogP contribution in [0.4, 0.5) is 0 Å². The van der Waals surface area contributed by atoms with Gasteiger partial charge in [-0.3, -0.25) is 9.59 Å². The summed E-state index contributed by atoms with van der Waals surface area (Å²) < 4.78 is 5.16. The minimum absolute atomic E-state index is 0. The van der Waals surface area contributed by atoms with Gasteiger partial charge in [-0.25, -0.2) is 0 Å². The lowest BCUT2D eigenvalue weighted by molar-refractivity contribution is -0.128. The van der Waals surface area contributed by atoms with Crippen LogP contribution in [0.3, 0.4) is 0 Å².